The fourth-order valence-corrected chi connectivity index (χ4v) is 1.95. The van der Waals surface area contributed by atoms with Gasteiger partial charge in [0.25, 0.3) is 5.78 Å². The number of ketones is 1. The second kappa shape index (κ2) is 4.26. The predicted molar refractivity (Wildman–Crippen MR) is 62.2 cm³/mol. The van der Waals surface area contributed by atoms with Crippen molar-refractivity contribution in [1.82, 2.24) is 9.80 Å². The molecule has 0 spiro atoms. The summed E-state index contributed by atoms with van der Waals surface area (Å²) in [5, 5.41) is 9.27. The lowest BCUT2D eigenvalue weighted by Crippen LogP contribution is -2.43. The summed E-state index contributed by atoms with van der Waals surface area (Å²) in [6.45, 7) is -0.0681. The van der Waals surface area contributed by atoms with E-state index in [1.165, 1.54) is 12.3 Å². The van der Waals surface area contributed by atoms with Crippen LogP contribution in [0.25, 0.3) is 0 Å². The van der Waals surface area contributed by atoms with E-state index in [9.17, 15) is 27.5 Å². The second-order valence-electron chi connectivity index (χ2n) is 4.67. The van der Waals surface area contributed by atoms with Gasteiger partial charge in [-0.15, -0.1) is 0 Å². The van der Waals surface area contributed by atoms with Gasteiger partial charge in [0.1, 0.15) is 5.70 Å². The van der Waals surface area contributed by atoms with Crippen molar-refractivity contribution >= 4 is 5.78 Å². The average molecular weight is 292 g/mol. The lowest BCUT2D eigenvalue weighted by Gasteiger charge is -2.25. The van der Waals surface area contributed by atoms with E-state index >= 15 is 0 Å². The molecule has 4 nitrogen and oxygen atoms in total. The van der Waals surface area contributed by atoms with Crippen LogP contribution in [0.2, 0.25) is 0 Å². The Balaban J connectivity index is 2.35. The van der Waals surface area contributed by atoms with Gasteiger partial charge in [-0.25, -0.2) is 0 Å². The van der Waals surface area contributed by atoms with Crippen molar-refractivity contribution in [1.29, 1.82) is 0 Å². The van der Waals surface area contributed by atoms with E-state index in [2.05, 4.69) is 0 Å². The number of hydrogen-bond donors (Lipinski definition) is 1. The summed E-state index contributed by atoms with van der Waals surface area (Å²) in [4.78, 5) is 14.0. The van der Waals surface area contributed by atoms with Gasteiger partial charge in [0.15, 0.2) is 5.76 Å². The number of carbonyl (C=O) groups excluding carboxylic acids is 1. The molecule has 1 N–H and O–H groups in total. The first-order chi connectivity index (χ1) is 9.10. The first-order valence-electron chi connectivity index (χ1n) is 5.67. The maximum absolute atomic E-state index is 13.2. The van der Waals surface area contributed by atoms with Gasteiger partial charge in [-0.2, -0.15) is 17.6 Å². The molecule has 0 saturated carbocycles. The highest BCUT2D eigenvalue weighted by molar-refractivity contribution is 6.05. The topological polar surface area (TPSA) is 43.8 Å². The van der Waals surface area contributed by atoms with Crippen LogP contribution in [0.15, 0.2) is 35.5 Å². The molecule has 0 bridgehead atoms. The predicted octanol–water partition coefficient (Wildman–Crippen LogP) is 1.88. The third-order valence-corrected chi connectivity index (χ3v) is 3.14. The van der Waals surface area contributed by atoms with Crippen molar-refractivity contribution in [2.24, 2.45) is 0 Å². The van der Waals surface area contributed by atoms with E-state index < -0.39 is 29.1 Å². The number of aliphatic hydroxyl groups is 1. The average Bonchev–Trinajstić information content (AvgIpc) is 2.49. The zero-order valence-corrected chi connectivity index (χ0v) is 10.7. The van der Waals surface area contributed by atoms with Crippen LogP contribution in [-0.4, -0.2) is 53.2 Å². The molecule has 0 amide bonds. The van der Waals surface area contributed by atoms with Crippen LogP contribution in [-0.2, 0) is 4.79 Å². The van der Waals surface area contributed by atoms with Crippen molar-refractivity contribution in [3.05, 3.63) is 35.5 Å². The summed E-state index contributed by atoms with van der Waals surface area (Å²) in [7, 11) is 3.48. The van der Waals surface area contributed by atoms with Crippen LogP contribution in [0.1, 0.15) is 0 Å². The van der Waals surface area contributed by atoms with Gasteiger partial charge in [-0.1, -0.05) is 0 Å². The van der Waals surface area contributed by atoms with Crippen molar-refractivity contribution < 1.29 is 27.5 Å². The molecule has 8 heteroatoms. The Hall–Kier alpha value is -1.99. The number of likely N-dealkylation sites (N-methyl/N-ethyl adjacent to an activating group) is 1. The minimum atomic E-state index is -4.92. The maximum atomic E-state index is 13.2. The first-order valence-corrected chi connectivity index (χ1v) is 5.67. The summed E-state index contributed by atoms with van der Waals surface area (Å²) in [6.07, 6.45) is 4.23. The Morgan fingerprint density at radius 2 is 1.85 bits per heavy atom. The number of alkyl halides is 4. The van der Waals surface area contributed by atoms with Gasteiger partial charge < -0.3 is 14.9 Å². The van der Waals surface area contributed by atoms with Crippen molar-refractivity contribution in [3.8, 4) is 0 Å². The van der Waals surface area contributed by atoms with Crippen LogP contribution in [0.3, 0.4) is 0 Å². The van der Waals surface area contributed by atoms with E-state index in [4.69, 9.17) is 0 Å². The number of rotatable bonds is 2. The lowest BCUT2D eigenvalue weighted by molar-refractivity contribution is -0.190. The lowest BCUT2D eigenvalue weighted by atomic mass is 10.2. The SMILES string of the molecule is CN(C)C1=CCN(C2=C(O)C(F)(F)C(F)(F)C2=O)C=C1. The first kappa shape index (κ1) is 14.4. The van der Waals surface area contributed by atoms with Crippen LogP contribution in [0.4, 0.5) is 17.6 Å². The summed E-state index contributed by atoms with van der Waals surface area (Å²) in [5.74, 6) is -13.8. The molecule has 0 radical (unpaired) electrons. The standard InChI is InChI=1S/C12H12F4N2O2/c1-17(2)7-3-5-18(6-4-7)8-9(19)11(13,14)12(15,16)10(8)20/h3-5,19H,6H2,1-2H3. The molecule has 1 heterocycles. The number of carbonyl (C=O) groups is 1. The van der Waals surface area contributed by atoms with Crippen LogP contribution < -0.4 is 0 Å². The third kappa shape index (κ3) is 1.78. The van der Waals surface area contributed by atoms with Crippen molar-refractivity contribution in [2.75, 3.05) is 20.6 Å². The molecule has 0 atom stereocenters. The highest BCUT2D eigenvalue weighted by atomic mass is 19.3. The zero-order valence-electron chi connectivity index (χ0n) is 10.7. The quantitative estimate of drug-likeness (QED) is 0.789. The minimum absolute atomic E-state index is 0.0681. The summed E-state index contributed by atoms with van der Waals surface area (Å²) in [5.41, 5.74) is -0.337. The molecule has 20 heavy (non-hydrogen) atoms. The number of Topliss-reactive ketones (excluding diaryl/α,β-unsaturated/α-hetero) is 1. The Kier molecular flexibility index (Phi) is 3.07. The van der Waals surface area contributed by atoms with Gasteiger partial charge in [0.05, 0.1) is 0 Å². The largest absolute Gasteiger partial charge is 0.505 e. The molecule has 2 aliphatic rings. The molecule has 1 aliphatic heterocycles. The molecule has 2 rings (SSSR count). The second-order valence-corrected chi connectivity index (χ2v) is 4.67. The Morgan fingerprint density at radius 3 is 2.20 bits per heavy atom. The normalized spacial score (nSPS) is 24.2. The number of hydrogen-bond acceptors (Lipinski definition) is 4. The van der Waals surface area contributed by atoms with Gasteiger partial charge >= 0.3 is 11.8 Å². The van der Waals surface area contributed by atoms with Crippen LogP contribution >= 0.6 is 0 Å². The fraction of sp³-hybridized carbons (Fsp3) is 0.417. The Labute approximate surface area is 112 Å². The van der Waals surface area contributed by atoms with Gasteiger partial charge in [0.2, 0.25) is 0 Å². The summed E-state index contributed by atoms with van der Waals surface area (Å²) in [6, 6.07) is 0. The highest BCUT2D eigenvalue weighted by Gasteiger charge is 2.72. The number of aliphatic hydroxyl groups excluding tert-OH is 1. The molecule has 0 aromatic heterocycles. The zero-order chi connectivity index (χ0) is 15.3. The highest BCUT2D eigenvalue weighted by Crippen LogP contribution is 2.48. The van der Waals surface area contributed by atoms with Crippen LogP contribution in [0.5, 0.6) is 0 Å². The maximum Gasteiger partial charge on any atom is 0.380 e. The monoisotopic (exact) mass is 292 g/mol. The molecule has 1 aliphatic carbocycles. The van der Waals surface area contributed by atoms with Gasteiger partial charge in [0, 0.05) is 32.5 Å². The molecular weight excluding hydrogens is 280 g/mol. The molecule has 0 fully saturated rings. The fourth-order valence-electron chi connectivity index (χ4n) is 1.95. The molecule has 0 aromatic carbocycles. The van der Waals surface area contributed by atoms with E-state index in [0.29, 0.717) is 0 Å². The van der Waals surface area contributed by atoms with E-state index in [0.717, 1.165) is 10.6 Å². The van der Waals surface area contributed by atoms with Crippen LogP contribution in [0, 0.1) is 0 Å². The summed E-state index contributed by atoms with van der Waals surface area (Å²) < 4.78 is 52.8. The van der Waals surface area contributed by atoms with E-state index in [1.807, 2.05) is 0 Å². The smallest absolute Gasteiger partial charge is 0.380 e. The van der Waals surface area contributed by atoms with Gasteiger partial charge in [-0.3, -0.25) is 4.79 Å². The Bertz CT molecular complexity index is 550. The number of allylic oxidation sites excluding steroid dienone is 3. The summed E-state index contributed by atoms with van der Waals surface area (Å²) >= 11 is 0. The van der Waals surface area contributed by atoms with E-state index in [-0.39, 0.29) is 6.54 Å². The van der Waals surface area contributed by atoms with E-state index in [1.54, 1.807) is 25.1 Å². The molecule has 110 valence electrons. The third-order valence-electron chi connectivity index (χ3n) is 3.14. The van der Waals surface area contributed by atoms with Gasteiger partial charge in [-0.05, 0) is 12.2 Å². The Morgan fingerprint density at radius 1 is 1.25 bits per heavy atom. The minimum Gasteiger partial charge on any atom is -0.505 e. The number of halogens is 4. The van der Waals surface area contributed by atoms with Crippen molar-refractivity contribution in [2.45, 2.75) is 11.8 Å². The molecule has 0 unspecified atom stereocenters. The van der Waals surface area contributed by atoms with Crippen molar-refractivity contribution in [3.63, 3.8) is 0 Å². The number of nitrogens with zero attached hydrogens (tertiary/aromatic N) is 2. The molecule has 0 saturated heterocycles. The molecular formula is C12H12F4N2O2. The molecule has 0 aromatic rings.